The third-order valence-corrected chi connectivity index (χ3v) is 2.83. The van der Waals surface area contributed by atoms with Crippen molar-refractivity contribution < 1.29 is 0 Å². The maximum absolute atomic E-state index is 5.83. The number of aromatic amines is 1. The molecule has 0 saturated heterocycles. The van der Waals surface area contributed by atoms with E-state index in [2.05, 4.69) is 34.2 Å². The molecule has 0 spiro atoms. The molecule has 0 aliphatic heterocycles. The van der Waals surface area contributed by atoms with Crippen LogP contribution in [-0.4, -0.2) is 9.97 Å². The number of benzene rings is 2. The van der Waals surface area contributed by atoms with Crippen LogP contribution in [0.3, 0.4) is 0 Å². The first-order chi connectivity index (χ1) is 7.75. The Bertz CT molecular complexity index is 652. The second kappa shape index (κ2) is 3.32. The van der Waals surface area contributed by atoms with Gasteiger partial charge in [0.1, 0.15) is 5.82 Å². The molecule has 0 amide bonds. The molecule has 16 heavy (non-hydrogen) atoms. The van der Waals surface area contributed by atoms with Crippen LogP contribution in [0.4, 0.5) is 0 Å². The number of hydrogen-bond acceptors (Lipinski definition) is 2. The maximum Gasteiger partial charge on any atom is 0.123 e. The van der Waals surface area contributed by atoms with E-state index >= 15 is 0 Å². The lowest BCUT2D eigenvalue weighted by molar-refractivity contribution is 0.760. The zero-order chi connectivity index (χ0) is 11.1. The molecule has 0 radical (unpaired) electrons. The van der Waals surface area contributed by atoms with Crippen molar-refractivity contribution >= 4 is 21.8 Å². The monoisotopic (exact) mass is 211 g/mol. The highest BCUT2D eigenvalue weighted by molar-refractivity contribution is 6.04. The van der Waals surface area contributed by atoms with Crippen LogP contribution in [0.25, 0.3) is 21.8 Å². The van der Waals surface area contributed by atoms with Crippen LogP contribution in [0.1, 0.15) is 18.8 Å². The van der Waals surface area contributed by atoms with Crippen LogP contribution in [0, 0.1) is 0 Å². The zero-order valence-corrected chi connectivity index (χ0v) is 9.07. The first-order valence-corrected chi connectivity index (χ1v) is 5.38. The lowest BCUT2D eigenvalue weighted by atomic mass is 10.1. The highest BCUT2D eigenvalue weighted by atomic mass is 15.0. The third kappa shape index (κ3) is 1.29. The van der Waals surface area contributed by atoms with Crippen LogP contribution < -0.4 is 5.73 Å². The largest absolute Gasteiger partial charge is 0.341 e. The van der Waals surface area contributed by atoms with Gasteiger partial charge >= 0.3 is 0 Å². The summed E-state index contributed by atoms with van der Waals surface area (Å²) in [5.41, 5.74) is 7.88. The van der Waals surface area contributed by atoms with E-state index in [0.717, 1.165) is 16.9 Å². The van der Waals surface area contributed by atoms with Crippen molar-refractivity contribution in [3.05, 3.63) is 42.2 Å². The average Bonchev–Trinajstić information content (AvgIpc) is 2.73. The Morgan fingerprint density at radius 1 is 1.19 bits per heavy atom. The predicted molar refractivity (Wildman–Crippen MR) is 66.2 cm³/mol. The van der Waals surface area contributed by atoms with Crippen LogP contribution in [0.15, 0.2) is 36.4 Å². The van der Waals surface area contributed by atoms with Gasteiger partial charge in [-0.05, 0) is 18.4 Å². The lowest BCUT2D eigenvalue weighted by Crippen LogP contribution is -2.06. The first-order valence-electron chi connectivity index (χ1n) is 5.38. The van der Waals surface area contributed by atoms with Crippen LogP contribution in [-0.2, 0) is 0 Å². The third-order valence-electron chi connectivity index (χ3n) is 2.83. The zero-order valence-electron chi connectivity index (χ0n) is 9.07. The van der Waals surface area contributed by atoms with Gasteiger partial charge in [-0.3, -0.25) is 0 Å². The molecule has 3 heteroatoms. The minimum Gasteiger partial charge on any atom is -0.341 e. The fraction of sp³-hybridized carbons (Fsp3) is 0.154. The summed E-state index contributed by atoms with van der Waals surface area (Å²) in [6.45, 7) is 1.93. The molecule has 0 bridgehead atoms. The fourth-order valence-corrected chi connectivity index (χ4v) is 1.98. The number of H-pyrrole nitrogens is 1. The van der Waals surface area contributed by atoms with E-state index in [1.165, 1.54) is 10.8 Å². The quantitative estimate of drug-likeness (QED) is 0.650. The van der Waals surface area contributed by atoms with E-state index in [4.69, 9.17) is 5.73 Å². The number of fused-ring (bicyclic) bond motifs is 3. The van der Waals surface area contributed by atoms with Crippen molar-refractivity contribution in [2.45, 2.75) is 13.0 Å². The molecule has 3 aromatic rings. The van der Waals surface area contributed by atoms with Gasteiger partial charge in [-0.15, -0.1) is 0 Å². The number of nitrogens with two attached hydrogens (primary N) is 1. The minimum atomic E-state index is -0.0637. The molecular formula is C13H13N3. The molecule has 1 heterocycles. The molecule has 3 rings (SSSR count). The van der Waals surface area contributed by atoms with Gasteiger partial charge in [0.2, 0.25) is 0 Å². The second-order valence-electron chi connectivity index (χ2n) is 4.09. The molecule has 0 unspecified atom stereocenters. The van der Waals surface area contributed by atoms with E-state index in [1.54, 1.807) is 0 Å². The number of imidazole rings is 1. The second-order valence-corrected chi connectivity index (χ2v) is 4.09. The molecule has 1 aromatic heterocycles. The Morgan fingerprint density at radius 3 is 2.81 bits per heavy atom. The van der Waals surface area contributed by atoms with Crippen molar-refractivity contribution in [3.8, 4) is 0 Å². The summed E-state index contributed by atoms with van der Waals surface area (Å²) in [6, 6.07) is 12.3. The van der Waals surface area contributed by atoms with Crippen molar-refractivity contribution in [2.24, 2.45) is 5.73 Å². The number of nitrogens with one attached hydrogen (secondary N) is 1. The number of rotatable bonds is 1. The van der Waals surface area contributed by atoms with E-state index < -0.39 is 0 Å². The summed E-state index contributed by atoms with van der Waals surface area (Å²) in [4.78, 5) is 7.81. The molecule has 3 N–H and O–H groups in total. The smallest absolute Gasteiger partial charge is 0.123 e. The summed E-state index contributed by atoms with van der Waals surface area (Å²) in [5.74, 6) is 0.839. The van der Waals surface area contributed by atoms with Gasteiger partial charge in [-0.2, -0.15) is 0 Å². The van der Waals surface area contributed by atoms with Crippen molar-refractivity contribution in [2.75, 3.05) is 0 Å². The Labute approximate surface area is 93.3 Å². The SMILES string of the molecule is C[C@H](N)c1nc2c(ccc3ccccc32)[nH]1. The Morgan fingerprint density at radius 2 is 2.00 bits per heavy atom. The van der Waals surface area contributed by atoms with Gasteiger partial charge in [0, 0.05) is 5.39 Å². The number of hydrogen-bond donors (Lipinski definition) is 2. The Kier molecular flexibility index (Phi) is 1.94. The average molecular weight is 211 g/mol. The van der Waals surface area contributed by atoms with Crippen LogP contribution in [0.5, 0.6) is 0 Å². The molecule has 3 nitrogen and oxygen atoms in total. The van der Waals surface area contributed by atoms with Crippen molar-refractivity contribution in [3.63, 3.8) is 0 Å². The number of aromatic nitrogens is 2. The summed E-state index contributed by atoms with van der Waals surface area (Å²) < 4.78 is 0. The summed E-state index contributed by atoms with van der Waals surface area (Å²) in [5, 5.41) is 2.38. The molecule has 1 atom stereocenters. The Hall–Kier alpha value is -1.87. The molecule has 0 aliphatic carbocycles. The van der Waals surface area contributed by atoms with E-state index in [0.29, 0.717) is 0 Å². The van der Waals surface area contributed by atoms with Gasteiger partial charge in [-0.1, -0.05) is 30.3 Å². The normalized spacial score (nSPS) is 13.4. The summed E-state index contributed by atoms with van der Waals surface area (Å²) in [6.07, 6.45) is 0. The van der Waals surface area contributed by atoms with Gasteiger partial charge in [0.25, 0.3) is 0 Å². The molecule has 0 aliphatic rings. The summed E-state index contributed by atoms with van der Waals surface area (Å²) >= 11 is 0. The van der Waals surface area contributed by atoms with E-state index in [-0.39, 0.29) is 6.04 Å². The molecule has 2 aromatic carbocycles. The van der Waals surface area contributed by atoms with Crippen LogP contribution in [0.2, 0.25) is 0 Å². The molecule has 80 valence electrons. The molecule has 0 saturated carbocycles. The fourth-order valence-electron chi connectivity index (χ4n) is 1.98. The topological polar surface area (TPSA) is 54.7 Å². The highest BCUT2D eigenvalue weighted by Gasteiger charge is 2.08. The van der Waals surface area contributed by atoms with Crippen LogP contribution >= 0.6 is 0 Å². The van der Waals surface area contributed by atoms with Gasteiger partial charge in [0.05, 0.1) is 17.1 Å². The van der Waals surface area contributed by atoms with Gasteiger partial charge < -0.3 is 10.7 Å². The highest BCUT2D eigenvalue weighted by Crippen LogP contribution is 2.24. The van der Waals surface area contributed by atoms with Crippen molar-refractivity contribution in [1.29, 1.82) is 0 Å². The van der Waals surface area contributed by atoms with Crippen molar-refractivity contribution in [1.82, 2.24) is 9.97 Å². The van der Waals surface area contributed by atoms with Gasteiger partial charge in [0.15, 0.2) is 0 Å². The molecular weight excluding hydrogens is 198 g/mol. The van der Waals surface area contributed by atoms with Gasteiger partial charge in [-0.25, -0.2) is 4.98 Å². The minimum absolute atomic E-state index is 0.0637. The maximum atomic E-state index is 5.83. The number of nitrogens with zero attached hydrogens (tertiary/aromatic N) is 1. The predicted octanol–water partition coefficient (Wildman–Crippen LogP) is 2.74. The van der Waals surface area contributed by atoms with E-state index in [1.807, 2.05) is 19.1 Å². The first kappa shape index (κ1) is 9.36. The molecule has 0 fully saturated rings. The van der Waals surface area contributed by atoms with E-state index in [9.17, 15) is 0 Å². The standard InChI is InChI=1S/C13H13N3/c1-8(14)13-15-11-7-6-9-4-2-3-5-10(9)12(11)16-13/h2-8H,14H2,1H3,(H,15,16)/t8-/m0/s1. The Balaban J connectivity index is 2.41. The lowest BCUT2D eigenvalue weighted by Gasteiger charge is -1.97. The summed E-state index contributed by atoms with van der Waals surface area (Å²) in [7, 11) is 0.